The van der Waals surface area contributed by atoms with Gasteiger partial charge in [-0.05, 0) is 51.5 Å². The fourth-order valence-corrected chi connectivity index (χ4v) is 1.73. The molecule has 0 fully saturated rings. The Balaban J connectivity index is 2.38. The standard InChI is InChI=1S/C18H24N2O5/c1-5-24-14-9-6-13(7-10-14)8-11-16(22)25-12-15(21)19-17(23)20-18(2,3)4/h6-11H,5,12H2,1-4H3,(H2,19,20,21,23)/b11-8+. The van der Waals surface area contributed by atoms with Crippen molar-refractivity contribution in [1.82, 2.24) is 10.6 Å². The van der Waals surface area contributed by atoms with E-state index < -0.39 is 30.1 Å². The first-order valence-electron chi connectivity index (χ1n) is 7.89. The molecular weight excluding hydrogens is 324 g/mol. The van der Waals surface area contributed by atoms with E-state index in [1.807, 2.05) is 6.92 Å². The Bertz CT molecular complexity index is 630. The van der Waals surface area contributed by atoms with Gasteiger partial charge in [0.15, 0.2) is 6.61 Å². The van der Waals surface area contributed by atoms with E-state index in [-0.39, 0.29) is 0 Å². The van der Waals surface area contributed by atoms with Crippen LogP contribution in [0.1, 0.15) is 33.3 Å². The molecule has 25 heavy (non-hydrogen) atoms. The van der Waals surface area contributed by atoms with Gasteiger partial charge >= 0.3 is 12.0 Å². The lowest BCUT2D eigenvalue weighted by molar-refractivity contribution is -0.143. The zero-order chi connectivity index (χ0) is 18.9. The minimum Gasteiger partial charge on any atom is -0.494 e. The molecule has 0 aliphatic carbocycles. The molecule has 0 aliphatic rings. The van der Waals surface area contributed by atoms with Gasteiger partial charge in [-0.25, -0.2) is 9.59 Å². The Morgan fingerprint density at radius 1 is 1.12 bits per heavy atom. The number of rotatable bonds is 6. The first-order chi connectivity index (χ1) is 11.7. The van der Waals surface area contributed by atoms with Gasteiger partial charge in [0.1, 0.15) is 5.75 Å². The number of hydrogen-bond acceptors (Lipinski definition) is 5. The van der Waals surface area contributed by atoms with Crippen LogP contribution >= 0.6 is 0 Å². The molecule has 0 heterocycles. The largest absolute Gasteiger partial charge is 0.494 e. The topological polar surface area (TPSA) is 93.7 Å². The Kier molecular flexibility index (Phi) is 7.65. The van der Waals surface area contributed by atoms with Crippen LogP contribution in [0.4, 0.5) is 4.79 Å². The van der Waals surface area contributed by atoms with Crippen LogP contribution < -0.4 is 15.4 Å². The lowest BCUT2D eigenvalue weighted by Gasteiger charge is -2.20. The number of esters is 1. The van der Waals surface area contributed by atoms with E-state index >= 15 is 0 Å². The van der Waals surface area contributed by atoms with Crippen LogP contribution in [0.25, 0.3) is 6.08 Å². The molecule has 2 N–H and O–H groups in total. The second-order valence-electron chi connectivity index (χ2n) is 6.20. The fourth-order valence-electron chi connectivity index (χ4n) is 1.73. The second-order valence-corrected chi connectivity index (χ2v) is 6.20. The van der Waals surface area contributed by atoms with Gasteiger partial charge in [-0.2, -0.15) is 0 Å². The summed E-state index contributed by atoms with van der Waals surface area (Å²) < 4.78 is 10.1. The summed E-state index contributed by atoms with van der Waals surface area (Å²) in [6.07, 6.45) is 2.76. The van der Waals surface area contributed by atoms with Crippen LogP contribution in [0.3, 0.4) is 0 Å². The van der Waals surface area contributed by atoms with E-state index in [0.717, 1.165) is 11.3 Å². The van der Waals surface area contributed by atoms with Crippen molar-refractivity contribution in [2.75, 3.05) is 13.2 Å². The van der Waals surface area contributed by atoms with Gasteiger partial charge in [-0.3, -0.25) is 10.1 Å². The third-order valence-electron chi connectivity index (χ3n) is 2.69. The molecule has 0 aliphatic heterocycles. The van der Waals surface area contributed by atoms with Gasteiger partial charge in [0, 0.05) is 11.6 Å². The third-order valence-corrected chi connectivity index (χ3v) is 2.69. The number of ether oxygens (including phenoxy) is 2. The molecular formula is C18H24N2O5. The van der Waals surface area contributed by atoms with E-state index in [0.29, 0.717) is 6.61 Å². The Labute approximate surface area is 147 Å². The van der Waals surface area contributed by atoms with Crippen molar-refractivity contribution in [3.63, 3.8) is 0 Å². The lowest BCUT2D eigenvalue weighted by atomic mass is 10.1. The van der Waals surface area contributed by atoms with Crippen LogP contribution in [0.2, 0.25) is 0 Å². The Morgan fingerprint density at radius 2 is 1.76 bits per heavy atom. The van der Waals surface area contributed by atoms with E-state index in [2.05, 4.69) is 10.6 Å². The van der Waals surface area contributed by atoms with Crippen molar-refractivity contribution in [3.8, 4) is 5.75 Å². The van der Waals surface area contributed by atoms with Crippen molar-refractivity contribution in [2.45, 2.75) is 33.2 Å². The highest BCUT2D eigenvalue weighted by atomic mass is 16.5. The molecule has 1 aromatic rings. The minimum absolute atomic E-state index is 0.471. The van der Waals surface area contributed by atoms with Crippen molar-refractivity contribution in [3.05, 3.63) is 35.9 Å². The summed E-state index contributed by atoms with van der Waals surface area (Å²) in [5.41, 5.74) is 0.316. The van der Waals surface area contributed by atoms with Crippen molar-refractivity contribution < 1.29 is 23.9 Å². The molecule has 7 nitrogen and oxygen atoms in total. The number of imide groups is 1. The molecule has 0 bridgehead atoms. The lowest BCUT2D eigenvalue weighted by Crippen LogP contribution is -2.49. The maximum atomic E-state index is 11.6. The predicted octanol–water partition coefficient (Wildman–Crippen LogP) is 2.27. The number of nitrogens with one attached hydrogen (secondary N) is 2. The van der Waals surface area contributed by atoms with E-state index in [1.165, 1.54) is 6.08 Å². The molecule has 0 radical (unpaired) electrons. The summed E-state index contributed by atoms with van der Waals surface area (Å²) in [6.45, 7) is 7.28. The van der Waals surface area contributed by atoms with Gasteiger partial charge in [0.05, 0.1) is 6.61 Å². The number of amides is 3. The number of hydrogen-bond donors (Lipinski definition) is 2. The molecule has 0 unspecified atom stereocenters. The second kappa shape index (κ2) is 9.46. The van der Waals surface area contributed by atoms with E-state index in [1.54, 1.807) is 51.1 Å². The monoisotopic (exact) mass is 348 g/mol. The van der Waals surface area contributed by atoms with Crippen molar-refractivity contribution >= 4 is 24.0 Å². The average molecular weight is 348 g/mol. The van der Waals surface area contributed by atoms with Crippen LogP contribution in [0.5, 0.6) is 5.75 Å². The van der Waals surface area contributed by atoms with Crippen molar-refractivity contribution in [1.29, 1.82) is 0 Å². The Morgan fingerprint density at radius 3 is 2.32 bits per heavy atom. The molecule has 3 amide bonds. The molecule has 0 aromatic heterocycles. The molecule has 7 heteroatoms. The van der Waals surface area contributed by atoms with E-state index in [9.17, 15) is 14.4 Å². The van der Waals surface area contributed by atoms with Gasteiger partial charge < -0.3 is 14.8 Å². The molecule has 0 atom stereocenters. The number of carbonyl (C=O) groups excluding carboxylic acids is 3. The van der Waals surface area contributed by atoms with Crippen LogP contribution in [-0.4, -0.2) is 36.7 Å². The molecule has 0 spiro atoms. The Hall–Kier alpha value is -2.83. The number of benzene rings is 1. The van der Waals surface area contributed by atoms with Crippen LogP contribution in [-0.2, 0) is 14.3 Å². The number of urea groups is 1. The molecule has 1 rings (SSSR count). The van der Waals surface area contributed by atoms with Gasteiger partial charge in [0.2, 0.25) is 0 Å². The predicted molar refractivity (Wildman–Crippen MR) is 94.0 cm³/mol. The number of carbonyl (C=O) groups is 3. The van der Waals surface area contributed by atoms with Crippen molar-refractivity contribution in [2.24, 2.45) is 0 Å². The summed E-state index contributed by atoms with van der Waals surface area (Å²) >= 11 is 0. The molecule has 136 valence electrons. The maximum Gasteiger partial charge on any atom is 0.331 e. The average Bonchev–Trinajstić information content (AvgIpc) is 2.50. The summed E-state index contributed by atoms with van der Waals surface area (Å²) in [7, 11) is 0. The first-order valence-corrected chi connectivity index (χ1v) is 7.89. The first kappa shape index (κ1) is 20.2. The van der Waals surface area contributed by atoms with E-state index in [4.69, 9.17) is 9.47 Å². The van der Waals surface area contributed by atoms with Gasteiger partial charge in [-0.1, -0.05) is 12.1 Å². The smallest absolute Gasteiger partial charge is 0.331 e. The third kappa shape index (κ3) is 9.14. The highest BCUT2D eigenvalue weighted by molar-refractivity contribution is 5.96. The quantitative estimate of drug-likeness (QED) is 0.607. The fraction of sp³-hybridized carbons (Fsp3) is 0.389. The normalized spacial score (nSPS) is 11.0. The molecule has 1 aromatic carbocycles. The summed E-state index contributed by atoms with van der Waals surface area (Å²) in [6, 6.07) is 6.51. The molecule has 0 saturated heterocycles. The van der Waals surface area contributed by atoms with Crippen LogP contribution in [0.15, 0.2) is 30.3 Å². The molecule has 0 saturated carbocycles. The van der Waals surface area contributed by atoms with Crippen LogP contribution in [0, 0.1) is 0 Å². The SMILES string of the molecule is CCOc1ccc(/C=C/C(=O)OCC(=O)NC(=O)NC(C)(C)C)cc1. The summed E-state index contributed by atoms with van der Waals surface area (Å²) in [5.74, 6) is -0.641. The summed E-state index contributed by atoms with van der Waals surface area (Å²) in [4.78, 5) is 34.6. The van der Waals surface area contributed by atoms with Gasteiger partial charge in [0.25, 0.3) is 5.91 Å². The maximum absolute atomic E-state index is 11.6. The van der Waals surface area contributed by atoms with Gasteiger partial charge in [-0.15, -0.1) is 0 Å². The summed E-state index contributed by atoms with van der Waals surface area (Å²) in [5, 5.41) is 4.64. The zero-order valence-corrected chi connectivity index (χ0v) is 14.9. The highest BCUT2D eigenvalue weighted by Crippen LogP contribution is 2.13. The highest BCUT2D eigenvalue weighted by Gasteiger charge is 2.16. The minimum atomic E-state index is -0.704. The zero-order valence-electron chi connectivity index (χ0n) is 14.9.